The van der Waals surface area contributed by atoms with E-state index in [-0.39, 0.29) is 6.04 Å². The van der Waals surface area contributed by atoms with Gasteiger partial charge in [-0.15, -0.1) is 11.3 Å². The first kappa shape index (κ1) is 13.6. The number of ether oxygens (including phenoxy) is 1. The van der Waals surface area contributed by atoms with Gasteiger partial charge in [0.05, 0.1) is 28.4 Å². The molecule has 2 aromatic heterocycles. The first-order valence-corrected chi connectivity index (χ1v) is 7.25. The fourth-order valence-electron chi connectivity index (χ4n) is 1.82. The summed E-state index contributed by atoms with van der Waals surface area (Å²) in [6.07, 6.45) is 0.970. The Morgan fingerprint density at radius 3 is 2.83 bits per heavy atom. The first-order chi connectivity index (χ1) is 8.56. The molecule has 0 aliphatic heterocycles. The zero-order valence-corrected chi connectivity index (χ0v) is 12.8. The summed E-state index contributed by atoms with van der Waals surface area (Å²) in [5.74, 6) is 0.705. The number of hydrogen-bond donors (Lipinski definition) is 1. The van der Waals surface area contributed by atoms with Crippen molar-refractivity contribution in [2.45, 2.75) is 26.0 Å². The molecule has 0 aromatic carbocycles. The molecule has 0 saturated carbocycles. The van der Waals surface area contributed by atoms with Crippen molar-refractivity contribution in [2.24, 2.45) is 0 Å². The van der Waals surface area contributed by atoms with Crippen LogP contribution in [0.15, 0.2) is 22.1 Å². The summed E-state index contributed by atoms with van der Waals surface area (Å²) in [6.45, 7) is 4.06. The van der Waals surface area contributed by atoms with Crippen LogP contribution in [0.3, 0.4) is 0 Å². The van der Waals surface area contributed by atoms with Gasteiger partial charge in [-0.2, -0.15) is 5.10 Å². The molecule has 98 valence electrons. The van der Waals surface area contributed by atoms with E-state index in [0.29, 0.717) is 5.75 Å². The number of thiophene rings is 1. The maximum atomic E-state index is 10.5. The van der Waals surface area contributed by atoms with Gasteiger partial charge >= 0.3 is 0 Å². The Hall–Kier alpha value is -0.850. The van der Waals surface area contributed by atoms with E-state index in [0.717, 1.165) is 15.0 Å². The summed E-state index contributed by atoms with van der Waals surface area (Å²) >= 11 is 4.91. The second kappa shape index (κ2) is 5.42. The lowest BCUT2D eigenvalue weighted by Crippen LogP contribution is -2.12. The van der Waals surface area contributed by atoms with E-state index in [2.05, 4.69) is 21.0 Å². The molecule has 0 radical (unpaired) electrons. The van der Waals surface area contributed by atoms with Gasteiger partial charge in [0.2, 0.25) is 0 Å². The van der Waals surface area contributed by atoms with Crippen LogP contribution < -0.4 is 4.74 Å². The summed E-state index contributed by atoms with van der Waals surface area (Å²) in [4.78, 5) is 0.792. The number of aliphatic hydroxyl groups excluding tert-OH is 1. The van der Waals surface area contributed by atoms with Crippen molar-refractivity contribution in [1.29, 1.82) is 0 Å². The minimum Gasteiger partial charge on any atom is -0.495 e. The number of rotatable bonds is 4. The first-order valence-electron chi connectivity index (χ1n) is 5.58. The van der Waals surface area contributed by atoms with E-state index in [1.165, 1.54) is 11.3 Å². The Kier molecular flexibility index (Phi) is 4.09. The van der Waals surface area contributed by atoms with Gasteiger partial charge in [-0.25, -0.2) is 0 Å². The van der Waals surface area contributed by atoms with Crippen LogP contribution in [-0.2, 0) is 0 Å². The number of halogens is 1. The summed E-state index contributed by atoms with van der Waals surface area (Å²) in [5, 5.41) is 16.7. The van der Waals surface area contributed by atoms with Gasteiger partial charge in [0.25, 0.3) is 0 Å². The van der Waals surface area contributed by atoms with Gasteiger partial charge in [-0.05, 0) is 41.2 Å². The molecule has 0 amide bonds. The number of aliphatic hydroxyl groups is 1. The minimum absolute atomic E-state index is 0.187. The molecule has 4 nitrogen and oxygen atoms in total. The van der Waals surface area contributed by atoms with E-state index in [1.54, 1.807) is 13.3 Å². The normalized spacial score (nSPS) is 13.0. The third-order valence-electron chi connectivity index (χ3n) is 2.66. The molecule has 0 aliphatic carbocycles. The lowest BCUT2D eigenvalue weighted by molar-refractivity contribution is 0.203. The largest absolute Gasteiger partial charge is 0.495 e. The fraction of sp³-hybridized carbons (Fsp3) is 0.417. The molecule has 6 heteroatoms. The van der Waals surface area contributed by atoms with Crippen molar-refractivity contribution < 1.29 is 9.84 Å². The van der Waals surface area contributed by atoms with E-state index in [1.807, 2.05) is 30.0 Å². The Balaban J connectivity index is 2.45. The van der Waals surface area contributed by atoms with Gasteiger partial charge in [-0.3, -0.25) is 4.68 Å². The molecule has 1 N–H and O–H groups in total. The second-order valence-corrected chi connectivity index (χ2v) is 5.97. The van der Waals surface area contributed by atoms with E-state index >= 15 is 0 Å². The SMILES string of the molecule is COc1ccsc1C(O)c1c(Br)cnn1C(C)C. The molecule has 0 aliphatic rings. The van der Waals surface area contributed by atoms with Crippen LogP contribution in [0.4, 0.5) is 0 Å². The van der Waals surface area contributed by atoms with Crippen molar-refractivity contribution in [2.75, 3.05) is 7.11 Å². The second-order valence-electron chi connectivity index (χ2n) is 4.17. The molecule has 1 atom stereocenters. The highest BCUT2D eigenvalue weighted by Gasteiger charge is 2.24. The number of nitrogens with zero attached hydrogens (tertiary/aromatic N) is 2. The Labute approximate surface area is 118 Å². The van der Waals surface area contributed by atoms with Crippen LogP contribution in [0.25, 0.3) is 0 Å². The highest BCUT2D eigenvalue weighted by Crippen LogP contribution is 2.37. The topological polar surface area (TPSA) is 47.3 Å². The molecule has 2 heterocycles. The Morgan fingerprint density at radius 1 is 1.50 bits per heavy atom. The molecule has 0 saturated heterocycles. The third kappa shape index (κ3) is 2.32. The molecule has 2 rings (SSSR count). The Bertz CT molecular complexity index is 536. The van der Waals surface area contributed by atoms with Gasteiger partial charge in [0, 0.05) is 6.04 Å². The summed E-state index contributed by atoms with van der Waals surface area (Å²) < 4.78 is 7.87. The summed E-state index contributed by atoms with van der Waals surface area (Å²) in [5.41, 5.74) is 0.755. The van der Waals surface area contributed by atoms with Gasteiger partial charge in [0.15, 0.2) is 0 Å². The monoisotopic (exact) mass is 330 g/mol. The van der Waals surface area contributed by atoms with Gasteiger partial charge in [0.1, 0.15) is 11.9 Å². The third-order valence-corrected chi connectivity index (χ3v) is 4.22. The minimum atomic E-state index is -0.737. The molecule has 2 aromatic rings. The zero-order valence-electron chi connectivity index (χ0n) is 10.4. The van der Waals surface area contributed by atoms with Crippen LogP contribution >= 0.6 is 27.3 Å². The predicted octanol–water partition coefficient (Wildman–Crippen LogP) is 3.38. The molecule has 0 bridgehead atoms. The summed E-state index contributed by atoms with van der Waals surface area (Å²) in [7, 11) is 1.60. The molecule has 1 unspecified atom stereocenters. The fourth-order valence-corrected chi connectivity index (χ4v) is 3.16. The lowest BCUT2D eigenvalue weighted by atomic mass is 10.2. The average Bonchev–Trinajstić information content (AvgIpc) is 2.93. The number of methoxy groups -OCH3 is 1. The van der Waals surface area contributed by atoms with Crippen molar-refractivity contribution >= 4 is 27.3 Å². The molecule has 0 fully saturated rings. The highest BCUT2D eigenvalue weighted by atomic mass is 79.9. The van der Waals surface area contributed by atoms with Crippen molar-refractivity contribution in [3.63, 3.8) is 0 Å². The van der Waals surface area contributed by atoms with Crippen molar-refractivity contribution in [3.05, 3.63) is 32.7 Å². The summed E-state index contributed by atoms with van der Waals surface area (Å²) in [6, 6.07) is 2.04. The quantitative estimate of drug-likeness (QED) is 0.934. The molecular weight excluding hydrogens is 316 g/mol. The van der Waals surface area contributed by atoms with Crippen LogP contribution in [0.1, 0.15) is 36.6 Å². The smallest absolute Gasteiger partial charge is 0.135 e. The maximum Gasteiger partial charge on any atom is 0.135 e. The van der Waals surface area contributed by atoms with Crippen LogP contribution in [0, 0.1) is 0 Å². The van der Waals surface area contributed by atoms with Crippen LogP contribution in [-0.4, -0.2) is 22.0 Å². The zero-order chi connectivity index (χ0) is 13.3. The van der Waals surface area contributed by atoms with Crippen molar-refractivity contribution in [1.82, 2.24) is 9.78 Å². The highest BCUT2D eigenvalue weighted by molar-refractivity contribution is 9.10. The van der Waals surface area contributed by atoms with Crippen LogP contribution in [0.5, 0.6) is 5.75 Å². The van der Waals surface area contributed by atoms with Gasteiger partial charge in [-0.1, -0.05) is 0 Å². The predicted molar refractivity (Wildman–Crippen MR) is 75.2 cm³/mol. The maximum absolute atomic E-state index is 10.5. The standard InChI is InChI=1S/C12H15BrN2O2S/c1-7(2)15-10(8(13)6-14-15)11(16)12-9(17-3)4-5-18-12/h4-7,11,16H,1-3H3. The number of aromatic nitrogens is 2. The average molecular weight is 331 g/mol. The molecule has 18 heavy (non-hydrogen) atoms. The lowest BCUT2D eigenvalue weighted by Gasteiger charge is -2.16. The van der Waals surface area contributed by atoms with Crippen LogP contribution in [0.2, 0.25) is 0 Å². The number of hydrogen-bond acceptors (Lipinski definition) is 4. The molecule has 0 spiro atoms. The van der Waals surface area contributed by atoms with Gasteiger partial charge < -0.3 is 9.84 Å². The van der Waals surface area contributed by atoms with E-state index < -0.39 is 6.10 Å². The van der Waals surface area contributed by atoms with Crippen molar-refractivity contribution in [3.8, 4) is 5.75 Å². The molecular formula is C12H15BrN2O2S. The Morgan fingerprint density at radius 2 is 2.22 bits per heavy atom. The van der Waals surface area contributed by atoms with E-state index in [4.69, 9.17) is 4.74 Å². The van der Waals surface area contributed by atoms with E-state index in [9.17, 15) is 5.11 Å².